The zero-order valence-corrected chi connectivity index (χ0v) is 15.1. The van der Waals surface area contributed by atoms with Gasteiger partial charge in [0.1, 0.15) is 5.69 Å². The van der Waals surface area contributed by atoms with Crippen molar-refractivity contribution >= 4 is 22.4 Å². The largest absolute Gasteiger partial charge is 0.370 e. The molecule has 0 saturated carbocycles. The molecule has 1 saturated heterocycles. The van der Waals surface area contributed by atoms with Crippen molar-refractivity contribution in [1.82, 2.24) is 15.0 Å². The second kappa shape index (κ2) is 7.57. The van der Waals surface area contributed by atoms with Crippen LogP contribution < -0.4 is 10.6 Å². The molecule has 134 valence electrons. The third kappa shape index (κ3) is 3.70. The van der Waals surface area contributed by atoms with Gasteiger partial charge in [0.2, 0.25) is 0 Å². The van der Waals surface area contributed by atoms with Crippen LogP contribution in [-0.4, -0.2) is 47.2 Å². The molecule has 4 rings (SSSR count). The molecule has 1 aliphatic heterocycles. The highest BCUT2D eigenvalue weighted by atomic mass is 32.1. The first-order valence-electron chi connectivity index (χ1n) is 8.50. The van der Waals surface area contributed by atoms with Crippen LogP contribution in [0.15, 0.2) is 57.5 Å². The van der Waals surface area contributed by atoms with E-state index in [9.17, 15) is 0 Å². The minimum atomic E-state index is 0.412. The Balaban J connectivity index is 1.34. The molecular weight excluding hydrogens is 348 g/mol. The van der Waals surface area contributed by atoms with Gasteiger partial charge in [-0.1, -0.05) is 35.5 Å². The number of guanidine groups is 1. The number of aliphatic imine (C=N–C) groups is 1. The summed E-state index contributed by atoms with van der Waals surface area (Å²) < 4.78 is 5.40. The summed E-state index contributed by atoms with van der Waals surface area (Å²) in [5.41, 5.74) is 7.94. The molecule has 2 aromatic heterocycles. The van der Waals surface area contributed by atoms with Gasteiger partial charge in [-0.15, -0.1) is 11.3 Å². The monoisotopic (exact) mass is 368 g/mol. The Bertz CT molecular complexity index is 853. The summed E-state index contributed by atoms with van der Waals surface area (Å²) >= 11 is 1.66. The topological polar surface area (TPSA) is 83.8 Å². The number of piperazine rings is 1. The fourth-order valence-electron chi connectivity index (χ4n) is 2.89. The van der Waals surface area contributed by atoms with Gasteiger partial charge in [-0.2, -0.15) is 0 Å². The van der Waals surface area contributed by atoms with E-state index in [0.29, 0.717) is 12.5 Å². The van der Waals surface area contributed by atoms with Crippen LogP contribution in [0.2, 0.25) is 0 Å². The normalized spacial score (nSPS) is 15.5. The minimum Gasteiger partial charge on any atom is -0.370 e. The van der Waals surface area contributed by atoms with Crippen LogP contribution in [0.1, 0.15) is 5.69 Å². The Morgan fingerprint density at radius 2 is 2.00 bits per heavy atom. The molecule has 0 unspecified atom stereocenters. The molecule has 3 heterocycles. The first kappa shape index (κ1) is 16.6. The lowest BCUT2D eigenvalue weighted by molar-refractivity contribution is 0.380. The molecule has 7 nitrogen and oxygen atoms in total. The molecule has 0 radical (unpaired) electrons. The molecule has 0 atom stereocenters. The summed E-state index contributed by atoms with van der Waals surface area (Å²) in [5, 5.41) is 7.15. The number of hydrogen-bond donors (Lipinski definition) is 1. The van der Waals surface area contributed by atoms with Crippen molar-refractivity contribution in [1.29, 1.82) is 0 Å². The van der Waals surface area contributed by atoms with Crippen molar-refractivity contribution < 1.29 is 4.52 Å². The summed E-state index contributed by atoms with van der Waals surface area (Å²) in [6, 6.07) is 11.8. The van der Waals surface area contributed by atoms with Crippen molar-refractivity contribution in [3.8, 4) is 11.3 Å². The van der Waals surface area contributed by atoms with E-state index in [-0.39, 0.29) is 0 Å². The van der Waals surface area contributed by atoms with Crippen molar-refractivity contribution in [2.45, 2.75) is 6.54 Å². The van der Waals surface area contributed by atoms with E-state index in [1.807, 2.05) is 48.0 Å². The Labute approximate surface area is 155 Å². The number of nitrogens with zero attached hydrogens (tertiary/aromatic N) is 5. The minimum absolute atomic E-state index is 0.412. The van der Waals surface area contributed by atoms with Crippen LogP contribution in [-0.2, 0) is 6.54 Å². The van der Waals surface area contributed by atoms with Gasteiger partial charge < -0.3 is 20.1 Å². The maximum atomic E-state index is 6.16. The Kier molecular flexibility index (Phi) is 4.83. The van der Waals surface area contributed by atoms with E-state index in [1.165, 1.54) is 0 Å². The molecular formula is C18H20N6OS. The second-order valence-electron chi connectivity index (χ2n) is 6.01. The molecule has 0 aliphatic carbocycles. The highest BCUT2D eigenvalue weighted by Gasteiger charge is 2.19. The van der Waals surface area contributed by atoms with Crippen LogP contribution in [0, 0.1) is 0 Å². The highest BCUT2D eigenvalue weighted by molar-refractivity contribution is 7.13. The summed E-state index contributed by atoms with van der Waals surface area (Å²) in [4.78, 5) is 13.2. The first-order valence-corrected chi connectivity index (χ1v) is 9.38. The van der Waals surface area contributed by atoms with Gasteiger partial charge in [0.15, 0.2) is 16.9 Å². The molecule has 0 spiro atoms. The van der Waals surface area contributed by atoms with Crippen molar-refractivity contribution in [3.63, 3.8) is 0 Å². The molecule has 8 heteroatoms. The number of thiazole rings is 1. The van der Waals surface area contributed by atoms with E-state index in [0.717, 1.165) is 48.3 Å². The Morgan fingerprint density at radius 3 is 2.73 bits per heavy atom. The lowest BCUT2D eigenvalue weighted by atomic mass is 10.2. The molecule has 0 bridgehead atoms. The standard InChI is InChI=1S/C18H20N6OS/c19-17(23-7-9-24(10-8-23)18-20-6-11-26-18)21-13-15-12-16(25-22-15)14-4-2-1-3-5-14/h1-6,11-12H,7-10,13H2,(H2,19,21). The zero-order chi connectivity index (χ0) is 17.8. The highest BCUT2D eigenvalue weighted by Crippen LogP contribution is 2.20. The van der Waals surface area contributed by atoms with Gasteiger partial charge in [-0.05, 0) is 0 Å². The van der Waals surface area contributed by atoms with Crippen molar-refractivity contribution in [3.05, 3.63) is 53.7 Å². The van der Waals surface area contributed by atoms with Gasteiger partial charge in [-0.3, -0.25) is 0 Å². The number of benzene rings is 1. The summed E-state index contributed by atoms with van der Waals surface area (Å²) in [6.45, 7) is 3.87. The van der Waals surface area contributed by atoms with Crippen LogP contribution in [0.4, 0.5) is 5.13 Å². The van der Waals surface area contributed by atoms with Gasteiger partial charge in [-0.25, -0.2) is 9.98 Å². The lowest BCUT2D eigenvalue weighted by Crippen LogP contribution is -2.51. The smallest absolute Gasteiger partial charge is 0.191 e. The molecule has 0 amide bonds. The SMILES string of the molecule is NC(=NCc1cc(-c2ccccc2)on1)N1CCN(c2nccs2)CC1. The van der Waals surface area contributed by atoms with E-state index >= 15 is 0 Å². The maximum Gasteiger partial charge on any atom is 0.191 e. The first-order chi connectivity index (χ1) is 12.8. The van der Waals surface area contributed by atoms with Crippen LogP contribution in [0.5, 0.6) is 0 Å². The van der Waals surface area contributed by atoms with E-state index in [2.05, 4.69) is 24.9 Å². The zero-order valence-electron chi connectivity index (χ0n) is 14.3. The van der Waals surface area contributed by atoms with Crippen LogP contribution >= 0.6 is 11.3 Å². The quantitative estimate of drug-likeness (QED) is 0.562. The van der Waals surface area contributed by atoms with Gasteiger partial charge in [0.25, 0.3) is 0 Å². The average Bonchev–Trinajstić information content (AvgIpc) is 3.39. The third-order valence-corrected chi connectivity index (χ3v) is 5.15. The summed E-state index contributed by atoms with van der Waals surface area (Å²) in [7, 11) is 0. The molecule has 1 fully saturated rings. The van der Waals surface area contributed by atoms with Gasteiger partial charge in [0.05, 0.1) is 6.54 Å². The van der Waals surface area contributed by atoms with Crippen molar-refractivity contribution in [2.24, 2.45) is 10.7 Å². The number of anilines is 1. The molecule has 3 aromatic rings. The summed E-state index contributed by atoms with van der Waals surface area (Å²) in [5.74, 6) is 1.29. The van der Waals surface area contributed by atoms with Crippen LogP contribution in [0.3, 0.4) is 0 Å². The summed E-state index contributed by atoms with van der Waals surface area (Å²) in [6.07, 6.45) is 1.84. The lowest BCUT2D eigenvalue weighted by Gasteiger charge is -2.35. The predicted molar refractivity (Wildman–Crippen MR) is 103 cm³/mol. The second-order valence-corrected chi connectivity index (χ2v) is 6.88. The third-order valence-electron chi connectivity index (χ3n) is 4.31. The van der Waals surface area contributed by atoms with Crippen molar-refractivity contribution in [2.75, 3.05) is 31.1 Å². The van der Waals surface area contributed by atoms with Crippen LogP contribution in [0.25, 0.3) is 11.3 Å². The van der Waals surface area contributed by atoms with Gasteiger partial charge >= 0.3 is 0 Å². The van der Waals surface area contributed by atoms with Gasteiger partial charge in [0, 0.05) is 49.4 Å². The number of nitrogens with two attached hydrogens (primary N) is 1. The predicted octanol–water partition coefficient (Wildman–Crippen LogP) is 2.44. The Morgan fingerprint density at radius 1 is 1.19 bits per heavy atom. The molecule has 1 aliphatic rings. The maximum absolute atomic E-state index is 6.16. The molecule has 2 N–H and O–H groups in total. The number of aromatic nitrogens is 2. The van der Waals surface area contributed by atoms with E-state index < -0.39 is 0 Å². The fourth-order valence-corrected chi connectivity index (χ4v) is 3.58. The van der Waals surface area contributed by atoms with E-state index in [4.69, 9.17) is 10.3 Å². The average molecular weight is 368 g/mol. The molecule has 26 heavy (non-hydrogen) atoms. The number of hydrogen-bond acceptors (Lipinski definition) is 6. The number of rotatable bonds is 4. The van der Waals surface area contributed by atoms with E-state index in [1.54, 1.807) is 11.3 Å². The Hall–Kier alpha value is -2.87. The fraction of sp³-hybridized carbons (Fsp3) is 0.278. The molecule has 1 aromatic carbocycles.